The maximum Gasteiger partial charge on any atom is 0.0237 e. The van der Waals surface area contributed by atoms with Gasteiger partial charge in [-0.25, -0.2) is 0 Å². The quantitative estimate of drug-likeness (QED) is 0.634. The van der Waals surface area contributed by atoms with Crippen molar-refractivity contribution in [2.45, 2.75) is 40.2 Å². The molecular weight excluding hydrogens is 172 g/mol. The van der Waals surface area contributed by atoms with E-state index in [0.717, 1.165) is 24.9 Å². The number of nitrogens with zero attached hydrogens (tertiary/aromatic N) is 1. The molecule has 1 N–H and O–H groups in total. The SMILES string of the molecule is CC(C)CCNCC(C(C)C)N(C)C. The lowest BCUT2D eigenvalue weighted by Gasteiger charge is -2.28. The normalized spacial score (nSPS) is 14.4. The Kier molecular flexibility index (Phi) is 7.20. The average molecular weight is 200 g/mol. The minimum absolute atomic E-state index is 0.655. The Labute approximate surface area is 90.1 Å². The highest BCUT2D eigenvalue weighted by molar-refractivity contribution is 4.72. The Morgan fingerprint density at radius 1 is 1.07 bits per heavy atom. The molecule has 2 heteroatoms. The first-order valence-electron chi connectivity index (χ1n) is 5.82. The summed E-state index contributed by atoms with van der Waals surface area (Å²) in [6, 6.07) is 0.655. The van der Waals surface area contributed by atoms with Crippen molar-refractivity contribution in [3.8, 4) is 0 Å². The van der Waals surface area contributed by atoms with Crippen molar-refractivity contribution in [1.29, 1.82) is 0 Å². The Hall–Kier alpha value is -0.0800. The van der Waals surface area contributed by atoms with Crippen molar-refractivity contribution in [2.75, 3.05) is 27.2 Å². The highest BCUT2D eigenvalue weighted by atomic mass is 15.1. The summed E-state index contributed by atoms with van der Waals surface area (Å²) in [6.45, 7) is 11.4. The van der Waals surface area contributed by atoms with E-state index >= 15 is 0 Å². The molecule has 2 nitrogen and oxygen atoms in total. The van der Waals surface area contributed by atoms with Gasteiger partial charge in [-0.1, -0.05) is 27.7 Å². The molecule has 0 saturated carbocycles. The van der Waals surface area contributed by atoms with Crippen LogP contribution in [0.5, 0.6) is 0 Å². The van der Waals surface area contributed by atoms with Crippen LogP contribution in [0.4, 0.5) is 0 Å². The van der Waals surface area contributed by atoms with Crippen molar-refractivity contribution < 1.29 is 0 Å². The van der Waals surface area contributed by atoms with Gasteiger partial charge in [0.2, 0.25) is 0 Å². The Bertz CT molecular complexity index is 122. The van der Waals surface area contributed by atoms with Gasteiger partial charge < -0.3 is 10.2 Å². The number of hydrogen-bond acceptors (Lipinski definition) is 2. The van der Waals surface area contributed by atoms with E-state index in [1.807, 2.05) is 0 Å². The third kappa shape index (κ3) is 6.39. The van der Waals surface area contributed by atoms with E-state index in [-0.39, 0.29) is 0 Å². The van der Waals surface area contributed by atoms with Gasteiger partial charge in [-0.15, -0.1) is 0 Å². The predicted molar refractivity (Wildman–Crippen MR) is 64.6 cm³/mol. The lowest BCUT2D eigenvalue weighted by molar-refractivity contribution is 0.224. The second kappa shape index (κ2) is 7.24. The van der Waals surface area contributed by atoms with Crippen LogP contribution in [0.3, 0.4) is 0 Å². The van der Waals surface area contributed by atoms with Gasteiger partial charge in [0.25, 0.3) is 0 Å². The van der Waals surface area contributed by atoms with Crippen LogP contribution in [0, 0.1) is 11.8 Å². The maximum atomic E-state index is 3.54. The largest absolute Gasteiger partial charge is 0.315 e. The van der Waals surface area contributed by atoms with E-state index in [4.69, 9.17) is 0 Å². The molecule has 14 heavy (non-hydrogen) atoms. The van der Waals surface area contributed by atoms with Crippen LogP contribution < -0.4 is 5.32 Å². The van der Waals surface area contributed by atoms with Crippen LogP contribution in [-0.2, 0) is 0 Å². The van der Waals surface area contributed by atoms with Crippen LogP contribution >= 0.6 is 0 Å². The predicted octanol–water partition coefficient (Wildman–Crippen LogP) is 2.21. The molecule has 0 bridgehead atoms. The van der Waals surface area contributed by atoms with Crippen molar-refractivity contribution in [3.63, 3.8) is 0 Å². The molecule has 0 fully saturated rings. The average Bonchev–Trinajstić information content (AvgIpc) is 2.01. The third-order valence-electron chi connectivity index (χ3n) is 2.68. The van der Waals surface area contributed by atoms with Gasteiger partial charge in [-0.3, -0.25) is 0 Å². The first-order valence-corrected chi connectivity index (χ1v) is 5.82. The second-order valence-electron chi connectivity index (χ2n) is 5.16. The van der Waals surface area contributed by atoms with Crippen LogP contribution in [0.15, 0.2) is 0 Å². The van der Waals surface area contributed by atoms with E-state index < -0.39 is 0 Å². The summed E-state index contributed by atoms with van der Waals surface area (Å²) < 4.78 is 0. The summed E-state index contributed by atoms with van der Waals surface area (Å²) in [7, 11) is 4.32. The standard InChI is InChI=1S/C12H28N2/c1-10(2)7-8-13-9-12(11(3)4)14(5)6/h10-13H,7-9H2,1-6H3. The van der Waals surface area contributed by atoms with Crippen LogP contribution in [-0.4, -0.2) is 38.1 Å². The molecule has 0 rings (SSSR count). The van der Waals surface area contributed by atoms with E-state index in [9.17, 15) is 0 Å². The van der Waals surface area contributed by atoms with Gasteiger partial charge in [-0.2, -0.15) is 0 Å². The van der Waals surface area contributed by atoms with Gasteiger partial charge in [0.05, 0.1) is 0 Å². The van der Waals surface area contributed by atoms with Crippen LogP contribution in [0.2, 0.25) is 0 Å². The summed E-state index contributed by atoms with van der Waals surface area (Å²) in [5.74, 6) is 1.52. The molecule has 0 amide bonds. The van der Waals surface area contributed by atoms with E-state index in [0.29, 0.717) is 6.04 Å². The molecule has 0 aliphatic heterocycles. The van der Waals surface area contributed by atoms with Gasteiger partial charge in [0, 0.05) is 12.6 Å². The summed E-state index contributed by atoms with van der Waals surface area (Å²) in [5, 5.41) is 3.54. The summed E-state index contributed by atoms with van der Waals surface area (Å²) in [4.78, 5) is 2.31. The van der Waals surface area contributed by atoms with E-state index in [1.54, 1.807) is 0 Å². The Morgan fingerprint density at radius 2 is 1.64 bits per heavy atom. The first kappa shape index (κ1) is 13.9. The van der Waals surface area contributed by atoms with Gasteiger partial charge in [0.1, 0.15) is 0 Å². The molecule has 0 spiro atoms. The number of rotatable bonds is 7. The Balaban J connectivity index is 3.62. The molecule has 1 atom stereocenters. The molecule has 0 aromatic carbocycles. The summed E-state index contributed by atoms with van der Waals surface area (Å²) >= 11 is 0. The molecule has 0 aromatic rings. The highest BCUT2D eigenvalue weighted by Gasteiger charge is 2.14. The lowest BCUT2D eigenvalue weighted by atomic mass is 10.0. The van der Waals surface area contributed by atoms with Crippen LogP contribution in [0.1, 0.15) is 34.1 Å². The molecule has 0 radical (unpaired) electrons. The van der Waals surface area contributed by atoms with Crippen molar-refractivity contribution in [1.82, 2.24) is 10.2 Å². The molecule has 0 heterocycles. The third-order valence-corrected chi connectivity index (χ3v) is 2.68. The van der Waals surface area contributed by atoms with Gasteiger partial charge in [0.15, 0.2) is 0 Å². The second-order valence-corrected chi connectivity index (χ2v) is 5.16. The summed E-state index contributed by atoms with van der Waals surface area (Å²) in [5.41, 5.74) is 0. The lowest BCUT2D eigenvalue weighted by Crippen LogP contribution is -2.41. The van der Waals surface area contributed by atoms with E-state index in [2.05, 4.69) is 52.0 Å². The smallest absolute Gasteiger partial charge is 0.0237 e. The number of nitrogens with one attached hydrogen (secondary N) is 1. The molecule has 86 valence electrons. The maximum absolute atomic E-state index is 3.54. The topological polar surface area (TPSA) is 15.3 Å². The fraction of sp³-hybridized carbons (Fsp3) is 1.00. The minimum atomic E-state index is 0.655. The molecule has 0 aliphatic carbocycles. The molecule has 0 aliphatic rings. The number of hydrogen-bond donors (Lipinski definition) is 1. The first-order chi connectivity index (χ1) is 6.45. The van der Waals surface area contributed by atoms with E-state index in [1.165, 1.54) is 6.42 Å². The van der Waals surface area contributed by atoms with Crippen LogP contribution in [0.25, 0.3) is 0 Å². The zero-order valence-electron chi connectivity index (χ0n) is 10.8. The zero-order chi connectivity index (χ0) is 11.1. The monoisotopic (exact) mass is 200 g/mol. The van der Waals surface area contributed by atoms with Crippen molar-refractivity contribution in [3.05, 3.63) is 0 Å². The molecule has 1 unspecified atom stereocenters. The minimum Gasteiger partial charge on any atom is -0.315 e. The molecule has 0 aromatic heterocycles. The van der Waals surface area contributed by atoms with Gasteiger partial charge >= 0.3 is 0 Å². The molecular formula is C12H28N2. The van der Waals surface area contributed by atoms with Gasteiger partial charge in [-0.05, 0) is 38.9 Å². The fourth-order valence-corrected chi connectivity index (χ4v) is 1.66. The fourth-order valence-electron chi connectivity index (χ4n) is 1.66. The number of likely N-dealkylation sites (N-methyl/N-ethyl adjacent to an activating group) is 1. The van der Waals surface area contributed by atoms with Crippen molar-refractivity contribution >= 4 is 0 Å². The van der Waals surface area contributed by atoms with Crippen molar-refractivity contribution in [2.24, 2.45) is 11.8 Å². The Morgan fingerprint density at radius 3 is 2.00 bits per heavy atom. The summed E-state index contributed by atoms with van der Waals surface area (Å²) in [6.07, 6.45) is 1.28. The zero-order valence-corrected chi connectivity index (χ0v) is 10.8. The molecule has 0 saturated heterocycles. The highest BCUT2D eigenvalue weighted by Crippen LogP contribution is 2.06.